The van der Waals surface area contributed by atoms with Crippen LogP contribution in [0, 0.1) is 0 Å². The molecule has 5 heteroatoms. The van der Waals surface area contributed by atoms with Gasteiger partial charge < -0.3 is 19.1 Å². The van der Waals surface area contributed by atoms with E-state index >= 15 is 0 Å². The van der Waals surface area contributed by atoms with Gasteiger partial charge in [0.1, 0.15) is 13.1 Å². The number of aliphatic hydroxyl groups excluding tert-OH is 1. The lowest BCUT2D eigenvalue weighted by atomic mass is 10.2. The summed E-state index contributed by atoms with van der Waals surface area (Å²) in [7, 11) is 5.30. The lowest BCUT2D eigenvalue weighted by Crippen LogP contribution is -2.47. The first-order chi connectivity index (χ1) is 8.96. The van der Waals surface area contributed by atoms with Crippen molar-refractivity contribution < 1.29 is 23.9 Å². The van der Waals surface area contributed by atoms with Crippen molar-refractivity contribution in [3.8, 4) is 0 Å². The molecule has 0 fully saturated rings. The summed E-state index contributed by atoms with van der Waals surface area (Å²) in [5, 5.41) is 9.26. The number of rotatable bonds is 6. The molecule has 106 valence electrons. The molecule has 0 saturated carbocycles. The van der Waals surface area contributed by atoms with E-state index in [0.29, 0.717) is 11.0 Å². The molecule has 1 aromatic rings. The molecule has 0 spiro atoms. The standard InChI is InChI=1S/C14H22NO4/c1-15(2,9-12-7-5-4-6-8-12)10-13(11-16)19-14(17)18-3/h4-8,13,16H,9-11H2,1-3H3/q+1. The molecule has 0 aliphatic carbocycles. The second-order valence-electron chi connectivity index (χ2n) is 5.14. The van der Waals surface area contributed by atoms with Crippen molar-refractivity contribution in [2.24, 2.45) is 0 Å². The van der Waals surface area contributed by atoms with Gasteiger partial charge in [0.25, 0.3) is 0 Å². The number of quaternary nitrogens is 1. The maximum atomic E-state index is 11.1. The number of carbonyl (C=O) groups is 1. The fourth-order valence-corrected chi connectivity index (χ4v) is 2.01. The van der Waals surface area contributed by atoms with Gasteiger partial charge in [-0.2, -0.15) is 0 Å². The van der Waals surface area contributed by atoms with Crippen molar-refractivity contribution in [1.82, 2.24) is 0 Å². The Morgan fingerprint density at radius 1 is 1.32 bits per heavy atom. The number of nitrogens with zero attached hydrogens (tertiary/aromatic N) is 1. The van der Waals surface area contributed by atoms with Crippen LogP contribution in [0.5, 0.6) is 0 Å². The second-order valence-corrected chi connectivity index (χ2v) is 5.14. The zero-order valence-electron chi connectivity index (χ0n) is 11.7. The molecule has 0 amide bonds. The molecular weight excluding hydrogens is 246 g/mol. The topological polar surface area (TPSA) is 55.8 Å². The Labute approximate surface area is 114 Å². The third-order valence-electron chi connectivity index (χ3n) is 2.78. The van der Waals surface area contributed by atoms with Crippen molar-refractivity contribution in [1.29, 1.82) is 0 Å². The molecule has 0 aromatic heterocycles. The maximum Gasteiger partial charge on any atom is 0.508 e. The van der Waals surface area contributed by atoms with Gasteiger partial charge in [-0.25, -0.2) is 4.79 Å². The fourth-order valence-electron chi connectivity index (χ4n) is 2.01. The predicted octanol–water partition coefficient (Wildman–Crippen LogP) is 1.41. The summed E-state index contributed by atoms with van der Waals surface area (Å²) >= 11 is 0. The minimum atomic E-state index is -0.765. The number of hydrogen-bond acceptors (Lipinski definition) is 4. The Hall–Kier alpha value is -1.59. The van der Waals surface area contributed by atoms with Crippen molar-refractivity contribution in [2.75, 3.05) is 34.4 Å². The number of benzene rings is 1. The van der Waals surface area contributed by atoms with Gasteiger partial charge in [0, 0.05) is 5.56 Å². The van der Waals surface area contributed by atoms with E-state index in [2.05, 4.69) is 16.9 Å². The first-order valence-electron chi connectivity index (χ1n) is 6.18. The van der Waals surface area contributed by atoms with Crippen LogP contribution in [-0.2, 0) is 16.0 Å². The smallest absolute Gasteiger partial charge is 0.438 e. The number of carbonyl (C=O) groups excluding carboxylic acids is 1. The quantitative estimate of drug-likeness (QED) is 0.626. The largest absolute Gasteiger partial charge is 0.508 e. The van der Waals surface area contributed by atoms with Gasteiger partial charge in [-0.1, -0.05) is 30.3 Å². The van der Waals surface area contributed by atoms with Gasteiger partial charge in [-0.05, 0) is 0 Å². The van der Waals surface area contributed by atoms with E-state index in [0.717, 1.165) is 6.54 Å². The molecule has 1 atom stereocenters. The summed E-state index contributed by atoms with van der Waals surface area (Å²) in [4.78, 5) is 11.1. The fraction of sp³-hybridized carbons (Fsp3) is 0.500. The molecule has 1 aromatic carbocycles. The zero-order chi connectivity index (χ0) is 14.3. The number of ether oxygens (including phenoxy) is 2. The maximum absolute atomic E-state index is 11.1. The Morgan fingerprint density at radius 3 is 2.47 bits per heavy atom. The average Bonchev–Trinajstić information content (AvgIpc) is 2.38. The third-order valence-corrected chi connectivity index (χ3v) is 2.78. The molecule has 0 heterocycles. The summed E-state index contributed by atoms with van der Waals surface area (Å²) < 4.78 is 10.0. The summed E-state index contributed by atoms with van der Waals surface area (Å²) in [5.41, 5.74) is 1.20. The molecule has 0 aliphatic heterocycles. The minimum absolute atomic E-state index is 0.217. The van der Waals surface area contributed by atoms with Crippen LogP contribution in [0.2, 0.25) is 0 Å². The molecule has 1 N–H and O–H groups in total. The second kappa shape index (κ2) is 7.11. The Morgan fingerprint density at radius 2 is 1.95 bits per heavy atom. The molecule has 0 radical (unpaired) electrons. The van der Waals surface area contributed by atoms with Gasteiger partial charge in [0.2, 0.25) is 0 Å². The van der Waals surface area contributed by atoms with Crippen molar-refractivity contribution in [2.45, 2.75) is 12.6 Å². The summed E-state index contributed by atoms with van der Waals surface area (Å²) in [6.45, 7) is 1.09. The van der Waals surface area contributed by atoms with E-state index in [-0.39, 0.29) is 6.61 Å². The zero-order valence-corrected chi connectivity index (χ0v) is 11.7. The van der Waals surface area contributed by atoms with E-state index in [1.165, 1.54) is 12.7 Å². The van der Waals surface area contributed by atoms with E-state index in [1.807, 2.05) is 32.3 Å². The SMILES string of the molecule is COC(=O)OC(CO)C[N+](C)(C)Cc1ccccc1. The molecule has 1 unspecified atom stereocenters. The van der Waals surface area contributed by atoms with Crippen LogP contribution in [0.3, 0.4) is 0 Å². The van der Waals surface area contributed by atoms with Crippen LogP contribution in [0.15, 0.2) is 30.3 Å². The number of methoxy groups -OCH3 is 1. The van der Waals surface area contributed by atoms with Crippen LogP contribution in [-0.4, -0.2) is 56.2 Å². The predicted molar refractivity (Wildman–Crippen MR) is 71.5 cm³/mol. The molecule has 0 aliphatic rings. The first kappa shape index (κ1) is 15.5. The van der Waals surface area contributed by atoms with Crippen molar-refractivity contribution in [3.05, 3.63) is 35.9 Å². The summed E-state index contributed by atoms with van der Waals surface area (Å²) in [6.07, 6.45) is -1.33. The highest BCUT2D eigenvalue weighted by Gasteiger charge is 2.25. The third kappa shape index (κ3) is 5.72. The van der Waals surface area contributed by atoms with Gasteiger partial charge in [-0.3, -0.25) is 0 Å². The first-order valence-corrected chi connectivity index (χ1v) is 6.18. The lowest BCUT2D eigenvalue weighted by Gasteiger charge is -2.32. The van der Waals surface area contributed by atoms with Crippen LogP contribution in [0.4, 0.5) is 4.79 Å². The molecule has 0 bridgehead atoms. The Bertz CT molecular complexity index is 392. The molecule has 1 rings (SSSR count). The monoisotopic (exact) mass is 268 g/mol. The van der Waals surface area contributed by atoms with E-state index in [9.17, 15) is 9.90 Å². The molecule has 5 nitrogen and oxygen atoms in total. The number of hydrogen-bond donors (Lipinski definition) is 1. The van der Waals surface area contributed by atoms with Gasteiger partial charge in [-0.15, -0.1) is 0 Å². The Balaban J connectivity index is 2.59. The van der Waals surface area contributed by atoms with Crippen molar-refractivity contribution >= 4 is 6.16 Å². The van der Waals surface area contributed by atoms with E-state index < -0.39 is 12.3 Å². The normalized spacial score (nSPS) is 12.8. The number of likely N-dealkylation sites (N-methyl/N-ethyl adjacent to an activating group) is 1. The van der Waals surface area contributed by atoms with Gasteiger partial charge in [0.05, 0.1) is 27.8 Å². The van der Waals surface area contributed by atoms with Crippen LogP contribution in [0.1, 0.15) is 5.56 Å². The average molecular weight is 268 g/mol. The highest BCUT2D eigenvalue weighted by molar-refractivity contribution is 5.59. The van der Waals surface area contributed by atoms with Crippen LogP contribution >= 0.6 is 0 Å². The minimum Gasteiger partial charge on any atom is -0.438 e. The molecule has 0 saturated heterocycles. The summed E-state index contributed by atoms with van der Waals surface area (Å²) in [5.74, 6) is 0. The molecule has 19 heavy (non-hydrogen) atoms. The van der Waals surface area contributed by atoms with Crippen molar-refractivity contribution in [3.63, 3.8) is 0 Å². The van der Waals surface area contributed by atoms with Crippen LogP contribution in [0.25, 0.3) is 0 Å². The van der Waals surface area contributed by atoms with Crippen LogP contribution < -0.4 is 0 Å². The Kier molecular flexibility index (Phi) is 5.79. The lowest BCUT2D eigenvalue weighted by molar-refractivity contribution is -0.906. The van der Waals surface area contributed by atoms with E-state index in [4.69, 9.17) is 4.74 Å². The highest BCUT2D eigenvalue weighted by Crippen LogP contribution is 2.11. The summed E-state index contributed by atoms with van der Waals surface area (Å²) in [6, 6.07) is 10.1. The van der Waals surface area contributed by atoms with Gasteiger partial charge in [0.15, 0.2) is 6.10 Å². The van der Waals surface area contributed by atoms with Gasteiger partial charge >= 0.3 is 6.16 Å². The van der Waals surface area contributed by atoms with E-state index in [1.54, 1.807) is 0 Å². The highest BCUT2D eigenvalue weighted by atomic mass is 16.7. The molecular formula is C14H22NO4+. The number of aliphatic hydroxyl groups is 1.